The molecular weight excluding hydrogens is 384 g/mol. The van der Waals surface area contributed by atoms with Gasteiger partial charge >= 0.3 is 0 Å². The van der Waals surface area contributed by atoms with Crippen LogP contribution in [0.3, 0.4) is 0 Å². The van der Waals surface area contributed by atoms with Crippen LogP contribution in [0.2, 0.25) is 5.02 Å². The van der Waals surface area contributed by atoms with Crippen molar-refractivity contribution in [3.8, 4) is 11.1 Å². The maximum Gasteiger partial charge on any atom is 0.225 e. The predicted octanol–water partition coefficient (Wildman–Crippen LogP) is 4.79. The molecule has 6 heteroatoms. The number of nitrogens with one attached hydrogen (secondary N) is 1. The van der Waals surface area contributed by atoms with Crippen LogP contribution in [-0.2, 0) is 0 Å². The quantitative estimate of drug-likeness (QED) is 0.635. The Morgan fingerprint density at radius 3 is 2.45 bits per heavy atom. The van der Waals surface area contributed by atoms with E-state index in [1.807, 2.05) is 43.4 Å². The van der Waals surface area contributed by atoms with E-state index in [4.69, 9.17) is 11.6 Å². The summed E-state index contributed by atoms with van der Waals surface area (Å²) in [6.07, 6.45) is 4.83. The summed E-state index contributed by atoms with van der Waals surface area (Å²) < 4.78 is 0. The molecule has 1 atom stereocenters. The van der Waals surface area contributed by atoms with Crippen LogP contribution in [0.25, 0.3) is 11.1 Å². The lowest BCUT2D eigenvalue weighted by Crippen LogP contribution is -2.36. The average molecular weight is 409 g/mol. The van der Waals surface area contributed by atoms with Crippen LogP contribution < -0.4 is 10.2 Å². The predicted molar refractivity (Wildman–Crippen MR) is 118 cm³/mol. The van der Waals surface area contributed by atoms with Gasteiger partial charge in [-0.15, -0.1) is 0 Å². The number of aliphatic hydroxyl groups is 1. The zero-order chi connectivity index (χ0) is 20.2. The number of anilines is 2. The summed E-state index contributed by atoms with van der Waals surface area (Å²) in [7, 11) is 1.89. The highest BCUT2D eigenvalue weighted by molar-refractivity contribution is 6.30. The van der Waals surface area contributed by atoms with Crippen molar-refractivity contribution >= 4 is 23.2 Å². The van der Waals surface area contributed by atoms with Gasteiger partial charge in [0, 0.05) is 48.8 Å². The minimum absolute atomic E-state index is 0.207. The SMILES string of the molecule is CNc1cc(-c2cccc(Cl)c2)ccc1[C@@H](O)C1CCN(c2ncccn2)CC1. The molecule has 1 fully saturated rings. The first-order valence-corrected chi connectivity index (χ1v) is 10.3. The maximum absolute atomic E-state index is 11.1. The van der Waals surface area contributed by atoms with Gasteiger partial charge in [-0.05, 0) is 54.2 Å². The highest BCUT2D eigenvalue weighted by atomic mass is 35.5. The normalized spacial score (nSPS) is 15.9. The van der Waals surface area contributed by atoms with Crippen LogP contribution >= 0.6 is 11.6 Å². The molecule has 3 aromatic rings. The molecular formula is C23H25ClN4O. The molecule has 150 valence electrons. The molecule has 0 spiro atoms. The molecule has 0 saturated carbocycles. The van der Waals surface area contributed by atoms with Crippen LogP contribution in [0.4, 0.5) is 11.6 Å². The van der Waals surface area contributed by atoms with Gasteiger partial charge in [0.2, 0.25) is 5.95 Å². The van der Waals surface area contributed by atoms with Gasteiger partial charge in [0.25, 0.3) is 0 Å². The second-order valence-corrected chi connectivity index (χ2v) is 7.82. The zero-order valence-corrected chi connectivity index (χ0v) is 17.2. The first-order chi connectivity index (χ1) is 14.2. The third kappa shape index (κ3) is 4.36. The lowest BCUT2D eigenvalue weighted by Gasteiger charge is -2.34. The van der Waals surface area contributed by atoms with Gasteiger partial charge in [-0.2, -0.15) is 0 Å². The summed E-state index contributed by atoms with van der Waals surface area (Å²) in [4.78, 5) is 10.9. The molecule has 0 bridgehead atoms. The minimum atomic E-state index is -0.510. The van der Waals surface area contributed by atoms with E-state index in [1.54, 1.807) is 12.4 Å². The van der Waals surface area contributed by atoms with Crippen molar-refractivity contribution in [3.63, 3.8) is 0 Å². The van der Waals surface area contributed by atoms with Crippen molar-refractivity contribution in [1.29, 1.82) is 0 Å². The van der Waals surface area contributed by atoms with Crippen LogP contribution in [-0.4, -0.2) is 35.2 Å². The Bertz CT molecular complexity index is 958. The molecule has 1 aliphatic rings. The molecule has 0 aliphatic carbocycles. The molecule has 0 unspecified atom stereocenters. The monoisotopic (exact) mass is 408 g/mol. The summed E-state index contributed by atoms with van der Waals surface area (Å²) in [5, 5.41) is 15.1. The third-order valence-electron chi connectivity index (χ3n) is 5.62. The number of hydrogen-bond acceptors (Lipinski definition) is 5. The van der Waals surface area contributed by atoms with Crippen LogP contribution in [0, 0.1) is 5.92 Å². The van der Waals surface area contributed by atoms with Crippen LogP contribution in [0.15, 0.2) is 60.9 Å². The van der Waals surface area contributed by atoms with Gasteiger partial charge in [-0.1, -0.05) is 35.9 Å². The molecule has 1 aliphatic heterocycles. The fourth-order valence-electron chi connectivity index (χ4n) is 4.00. The number of hydrogen-bond donors (Lipinski definition) is 2. The van der Waals surface area contributed by atoms with Crippen molar-refractivity contribution < 1.29 is 5.11 Å². The molecule has 0 amide bonds. The van der Waals surface area contributed by atoms with E-state index in [1.165, 1.54) is 0 Å². The second-order valence-electron chi connectivity index (χ2n) is 7.38. The van der Waals surface area contributed by atoms with Crippen molar-refractivity contribution in [2.45, 2.75) is 18.9 Å². The molecule has 2 N–H and O–H groups in total. The number of benzene rings is 2. The number of piperidine rings is 1. The Balaban J connectivity index is 1.49. The smallest absolute Gasteiger partial charge is 0.225 e. The highest BCUT2D eigenvalue weighted by Crippen LogP contribution is 2.37. The van der Waals surface area contributed by atoms with Crippen molar-refractivity contribution in [2.75, 3.05) is 30.4 Å². The number of aliphatic hydroxyl groups excluding tert-OH is 1. The van der Waals surface area contributed by atoms with Crippen molar-refractivity contribution in [1.82, 2.24) is 9.97 Å². The largest absolute Gasteiger partial charge is 0.388 e. The Labute approximate surface area is 176 Å². The summed E-state index contributed by atoms with van der Waals surface area (Å²) in [6.45, 7) is 1.70. The number of aromatic nitrogens is 2. The molecule has 4 rings (SSSR count). The summed E-state index contributed by atoms with van der Waals surface area (Å²) >= 11 is 6.14. The fourth-order valence-corrected chi connectivity index (χ4v) is 4.19. The topological polar surface area (TPSA) is 61.3 Å². The van der Waals surface area contributed by atoms with E-state index in [0.29, 0.717) is 5.02 Å². The zero-order valence-electron chi connectivity index (χ0n) is 16.4. The number of rotatable bonds is 5. The third-order valence-corrected chi connectivity index (χ3v) is 5.86. The first kappa shape index (κ1) is 19.7. The number of halogens is 1. The van der Waals surface area contributed by atoms with Crippen molar-refractivity contribution in [2.24, 2.45) is 5.92 Å². The summed E-state index contributed by atoms with van der Waals surface area (Å²) in [5.41, 5.74) is 4.02. The molecule has 1 saturated heterocycles. The van der Waals surface area contributed by atoms with Gasteiger partial charge < -0.3 is 15.3 Å². The molecule has 29 heavy (non-hydrogen) atoms. The van der Waals surface area contributed by atoms with Gasteiger partial charge in [0.1, 0.15) is 0 Å². The van der Waals surface area contributed by atoms with Crippen LogP contribution in [0.1, 0.15) is 24.5 Å². The van der Waals surface area contributed by atoms with E-state index in [2.05, 4.69) is 32.3 Å². The second kappa shape index (κ2) is 8.80. The Morgan fingerprint density at radius 1 is 1.03 bits per heavy atom. The lowest BCUT2D eigenvalue weighted by molar-refractivity contribution is 0.0934. The fraction of sp³-hybridized carbons (Fsp3) is 0.304. The highest BCUT2D eigenvalue weighted by Gasteiger charge is 2.28. The first-order valence-electron chi connectivity index (χ1n) is 9.93. The van der Waals surface area contributed by atoms with E-state index in [9.17, 15) is 5.11 Å². The molecule has 2 aromatic carbocycles. The van der Waals surface area contributed by atoms with E-state index >= 15 is 0 Å². The molecule has 5 nitrogen and oxygen atoms in total. The minimum Gasteiger partial charge on any atom is -0.388 e. The van der Waals surface area contributed by atoms with Gasteiger partial charge in [0.05, 0.1) is 6.10 Å². The average Bonchev–Trinajstić information content (AvgIpc) is 2.79. The summed E-state index contributed by atoms with van der Waals surface area (Å²) in [6, 6.07) is 15.8. The van der Waals surface area contributed by atoms with Gasteiger partial charge in [-0.3, -0.25) is 0 Å². The molecule has 1 aromatic heterocycles. The van der Waals surface area contributed by atoms with E-state index in [-0.39, 0.29) is 5.92 Å². The summed E-state index contributed by atoms with van der Waals surface area (Å²) in [5.74, 6) is 0.973. The standard InChI is InChI=1S/C23H25ClN4O/c1-25-21-15-18(17-4-2-5-19(24)14-17)6-7-20(21)22(29)16-8-12-28(13-9-16)23-26-10-3-11-27-23/h2-7,10-11,14-16,22,25,29H,8-9,12-13H2,1H3/t22-/m0/s1. The van der Waals surface area contributed by atoms with Gasteiger partial charge in [0.15, 0.2) is 0 Å². The van der Waals surface area contributed by atoms with E-state index < -0.39 is 6.10 Å². The Hall–Kier alpha value is -2.63. The maximum atomic E-state index is 11.1. The van der Waals surface area contributed by atoms with Gasteiger partial charge in [-0.25, -0.2) is 9.97 Å². The van der Waals surface area contributed by atoms with Crippen molar-refractivity contribution in [3.05, 3.63) is 71.5 Å². The van der Waals surface area contributed by atoms with E-state index in [0.717, 1.165) is 54.3 Å². The molecule has 0 radical (unpaired) electrons. The Kier molecular flexibility index (Phi) is 5.97. The number of nitrogens with zero attached hydrogens (tertiary/aromatic N) is 3. The molecule has 2 heterocycles. The Morgan fingerprint density at radius 2 is 1.76 bits per heavy atom. The van der Waals surface area contributed by atoms with Crippen LogP contribution in [0.5, 0.6) is 0 Å². The lowest BCUT2D eigenvalue weighted by atomic mass is 9.86.